The van der Waals surface area contributed by atoms with E-state index in [0.29, 0.717) is 17.1 Å². The van der Waals surface area contributed by atoms with Gasteiger partial charge in [-0.2, -0.15) is 0 Å². The topological polar surface area (TPSA) is 92.3 Å². The fraction of sp³-hybridized carbons (Fsp3) is 0.0667. The fourth-order valence-corrected chi connectivity index (χ4v) is 2.56. The number of carbonyl (C=O) groups excluding carboxylic acids is 4. The van der Waals surface area contributed by atoms with Crippen LogP contribution in [0.25, 0.3) is 10.8 Å². The monoisotopic (exact) mass is 282 g/mol. The molecule has 0 aromatic heterocycles. The number of nitrogens with one attached hydrogen (secondary N) is 2. The average Bonchev–Trinajstić information content (AvgIpc) is 2.50. The van der Waals surface area contributed by atoms with Gasteiger partial charge in [0.25, 0.3) is 17.7 Å². The number of amides is 3. The van der Waals surface area contributed by atoms with Crippen LogP contribution >= 0.6 is 0 Å². The maximum atomic E-state index is 12.0. The van der Waals surface area contributed by atoms with Crippen molar-refractivity contribution in [3.8, 4) is 0 Å². The molecule has 1 heterocycles. The van der Waals surface area contributed by atoms with Gasteiger partial charge in [-0.1, -0.05) is 6.07 Å². The molecule has 0 unspecified atom stereocenters. The van der Waals surface area contributed by atoms with Crippen LogP contribution in [0.3, 0.4) is 0 Å². The molecule has 104 valence electrons. The predicted molar refractivity (Wildman–Crippen MR) is 74.5 cm³/mol. The highest BCUT2D eigenvalue weighted by atomic mass is 16.2. The molecule has 3 rings (SSSR count). The quantitative estimate of drug-likeness (QED) is 0.632. The molecule has 0 aliphatic carbocycles. The molecule has 2 aromatic rings. The summed E-state index contributed by atoms with van der Waals surface area (Å²) in [6.07, 6.45) is 0.603. The first-order valence-corrected chi connectivity index (χ1v) is 6.21. The lowest BCUT2D eigenvalue weighted by Crippen LogP contribution is -2.35. The van der Waals surface area contributed by atoms with E-state index in [1.54, 1.807) is 0 Å². The molecule has 0 bridgehead atoms. The molecule has 6 nitrogen and oxygen atoms in total. The zero-order valence-electron chi connectivity index (χ0n) is 11.0. The van der Waals surface area contributed by atoms with Gasteiger partial charge in [0.05, 0.1) is 0 Å². The van der Waals surface area contributed by atoms with Crippen molar-refractivity contribution in [2.75, 3.05) is 7.05 Å². The summed E-state index contributed by atoms with van der Waals surface area (Å²) in [5, 5.41) is 5.37. The van der Waals surface area contributed by atoms with Crippen LogP contribution in [0, 0.1) is 0 Å². The molecular weight excluding hydrogens is 272 g/mol. The summed E-state index contributed by atoms with van der Waals surface area (Å²) < 4.78 is 0. The predicted octanol–water partition coefficient (Wildman–Crippen LogP) is 0.895. The smallest absolute Gasteiger partial charge is 0.258 e. The van der Waals surface area contributed by atoms with Gasteiger partial charge < -0.3 is 5.32 Å². The van der Waals surface area contributed by atoms with Crippen molar-refractivity contribution in [3.05, 3.63) is 46.5 Å². The molecule has 1 aliphatic rings. The van der Waals surface area contributed by atoms with Gasteiger partial charge in [0, 0.05) is 40.1 Å². The van der Waals surface area contributed by atoms with Crippen LogP contribution in [0.2, 0.25) is 0 Å². The fourth-order valence-electron chi connectivity index (χ4n) is 2.56. The summed E-state index contributed by atoms with van der Waals surface area (Å²) in [5.41, 5.74) is 1.06. The molecular formula is C15H10N2O4. The van der Waals surface area contributed by atoms with Gasteiger partial charge in [-0.15, -0.1) is 0 Å². The standard InChI is InChI=1S/C15H10N2O4/c1-16-13(19)8-4-5-10-12-9(14(20)17-15(10)21)3-2-7(6-18)11(8)12/h2-6H,1H3,(H,16,19)(H,17,20,21). The number of aldehydes is 1. The van der Waals surface area contributed by atoms with Crippen LogP contribution in [0.4, 0.5) is 0 Å². The normalized spacial score (nSPS) is 13.0. The number of benzene rings is 2. The van der Waals surface area contributed by atoms with Crippen molar-refractivity contribution < 1.29 is 19.2 Å². The molecule has 0 spiro atoms. The molecule has 2 N–H and O–H groups in total. The molecule has 3 amide bonds. The van der Waals surface area contributed by atoms with Crippen molar-refractivity contribution in [1.82, 2.24) is 10.6 Å². The van der Waals surface area contributed by atoms with E-state index in [1.165, 1.54) is 31.3 Å². The van der Waals surface area contributed by atoms with E-state index in [9.17, 15) is 19.2 Å². The number of carbonyl (C=O) groups is 4. The minimum Gasteiger partial charge on any atom is -0.355 e. The highest BCUT2D eigenvalue weighted by Crippen LogP contribution is 2.31. The first kappa shape index (κ1) is 13.0. The van der Waals surface area contributed by atoms with Gasteiger partial charge in [-0.05, 0) is 18.2 Å². The van der Waals surface area contributed by atoms with Crippen LogP contribution in [-0.2, 0) is 0 Å². The van der Waals surface area contributed by atoms with E-state index in [1.807, 2.05) is 0 Å². The van der Waals surface area contributed by atoms with Crippen LogP contribution < -0.4 is 10.6 Å². The molecule has 0 saturated heterocycles. The second-order valence-electron chi connectivity index (χ2n) is 4.59. The molecule has 0 radical (unpaired) electrons. The van der Waals surface area contributed by atoms with Crippen molar-refractivity contribution in [1.29, 1.82) is 0 Å². The van der Waals surface area contributed by atoms with Gasteiger partial charge in [0.15, 0.2) is 6.29 Å². The maximum absolute atomic E-state index is 12.0. The van der Waals surface area contributed by atoms with E-state index in [4.69, 9.17) is 0 Å². The number of imide groups is 1. The highest BCUT2D eigenvalue weighted by Gasteiger charge is 2.28. The van der Waals surface area contributed by atoms with Crippen LogP contribution in [0.1, 0.15) is 41.4 Å². The zero-order chi connectivity index (χ0) is 15.1. The van der Waals surface area contributed by atoms with Crippen LogP contribution in [0.5, 0.6) is 0 Å². The Balaban J connectivity index is 2.54. The summed E-state index contributed by atoms with van der Waals surface area (Å²) in [5.74, 6) is -1.46. The van der Waals surface area contributed by atoms with Gasteiger partial charge in [-0.25, -0.2) is 0 Å². The third kappa shape index (κ3) is 1.73. The van der Waals surface area contributed by atoms with Crippen LogP contribution in [0.15, 0.2) is 24.3 Å². The molecule has 6 heteroatoms. The molecule has 21 heavy (non-hydrogen) atoms. The second kappa shape index (κ2) is 4.52. The summed E-state index contributed by atoms with van der Waals surface area (Å²) >= 11 is 0. The van der Waals surface area contributed by atoms with E-state index in [-0.39, 0.29) is 28.2 Å². The van der Waals surface area contributed by atoms with Crippen molar-refractivity contribution in [2.45, 2.75) is 0 Å². The molecule has 0 atom stereocenters. The van der Waals surface area contributed by atoms with Gasteiger partial charge in [0.2, 0.25) is 0 Å². The van der Waals surface area contributed by atoms with Gasteiger partial charge in [-0.3, -0.25) is 24.5 Å². The Labute approximate surface area is 119 Å². The largest absolute Gasteiger partial charge is 0.355 e. The lowest BCUT2D eigenvalue weighted by Gasteiger charge is -2.19. The lowest BCUT2D eigenvalue weighted by molar-refractivity contribution is 0.0842. The Hall–Kier alpha value is -3.02. The molecule has 0 saturated carbocycles. The third-order valence-corrected chi connectivity index (χ3v) is 3.51. The number of hydrogen-bond donors (Lipinski definition) is 2. The summed E-state index contributed by atoms with van der Waals surface area (Å²) in [4.78, 5) is 47.1. The Bertz CT molecular complexity index is 819. The van der Waals surface area contributed by atoms with Crippen molar-refractivity contribution >= 4 is 34.8 Å². The highest BCUT2D eigenvalue weighted by molar-refractivity contribution is 6.29. The second-order valence-corrected chi connectivity index (χ2v) is 4.59. The van der Waals surface area contributed by atoms with Gasteiger partial charge >= 0.3 is 0 Å². The molecule has 1 aliphatic heterocycles. The number of hydrogen-bond acceptors (Lipinski definition) is 4. The van der Waals surface area contributed by atoms with Crippen LogP contribution in [-0.4, -0.2) is 31.1 Å². The van der Waals surface area contributed by atoms with Crippen molar-refractivity contribution in [3.63, 3.8) is 0 Å². The van der Waals surface area contributed by atoms with Gasteiger partial charge in [0.1, 0.15) is 0 Å². The third-order valence-electron chi connectivity index (χ3n) is 3.51. The van der Waals surface area contributed by atoms with E-state index < -0.39 is 11.8 Å². The zero-order valence-corrected chi connectivity index (χ0v) is 11.0. The Morgan fingerprint density at radius 3 is 2.24 bits per heavy atom. The maximum Gasteiger partial charge on any atom is 0.258 e. The lowest BCUT2D eigenvalue weighted by atomic mass is 9.89. The van der Waals surface area contributed by atoms with E-state index in [2.05, 4.69) is 10.6 Å². The summed E-state index contributed by atoms with van der Waals surface area (Å²) in [6.45, 7) is 0. The average molecular weight is 282 g/mol. The first-order valence-electron chi connectivity index (χ1n) is 6.21. The Morgan fingerprint density at radius 2 is 1.67 bits per heavy atom. The molecule has 0 fully saturated rings. The van der Waals surface area contributed by atoms with Crippen molar-refractivity contribution in [2.24, 2.45) is 0 Å². The minimum atomic E-state index is -0.538. The minimum absolute atomic E-state index is 0.253. The van der Waals surface area contributed by atoms with E-state index >= 15 is 0 Å². The Morgan fingerprint density at radius 1 is 1.05 bits per heavy atom. The summed E-state index contributed by atoms with van der Waals surface area (Å²) in [6, 6.07) is 5.90. The Kier molecular flexibility index (Phi) is 2.79. The van der Waals surface area contributed by atoms with E-state index in [0.717, 1.165) is 0 Å². The summed E-state index contributed by atoms with van der Waals surface area (Å²) in [7, 11) is 1.47. The SMILES string of the molecule is CNC(=O)c1ccc2c3c(ccc(C=O)c13)C(=O)NC2=O. The molecule has 2 aromatic carbocycles. The number of rotatable bonds is 2. The first-order chi connectivity index (χ1) is 10.1.